The van der Waals surface area contributed by atoms with E-state index < -0.39 is 0 Å². The van der Waals surface area contributed by atoms with Crippen LogP contribution in [0, 0.1) is 0 Å². The first-order valence-corrected chi connectivity index (χ1v) is 6.52. The van der Waals surface area contributed by atoms with Gasteiger partial charge in [0.25, 0.3) is 0 Å². The van der Waals surface area contributed by atoms with Crippen LogP contribution in [0.4, 0.5) is 11.5 Å². The van der Waals surface area contributed by atoms with Gasteiger partial charge in [-0.3, -0.25) is 0 Å². The van der Waals surface area contributed by atoms with Gasteiger partial charge in [0.15, 0.2) is 0 Å². The fraction of sp³-hybridized carbons (Fsp3) is 0.429. The fourth-order valence-corrected chi connectivity index (χ4v) is 2.70. The van der Waals surface area contributed by atoms with Crippen LogP contribution in [0.15, 0.2) is 24.5 Å². The zero-order valence-electron chi connectivity index (χ0n) is 10.6. The van der Waals surface area contributed by atoms with Crippen LogP contribution in [0.5, 0.6) is 0 Å². The Labute approximate surface area is 107 Å². The number of nitrogens with zero attached hydrogens (tertiary/aromatic N) is 3. The molecule has 1 aliphatic rings. The fourth-order valence-electron chi connectivity index (χ4n) is 2.70. The van der Waals surface area contributed by atoms with Gasteiger partial charge in [0.2, 0.25) is 0 Å². The molecule has 1 aromatic heterocycles. The lowest BCUT2D eigenvalue weighted by Crippen LogP contribution is -2.38. The molecule has 0 saturated carbocycles. The van der Waals surface area contributed by atoms with E-state index in [0.717, 1.165) is 29.0 Å². The number of fused-ring (bicyclic) bond motifs is 1. The van der Waals surface area contributed by atoms with Gasteiger partial charge >= 0.3 is 0 Å². The topological polar surface area (TPSA) is 55.0 Å². The summed E-state index contributed by atoms with van der Waals surface area (Å²) in [5, 5.41) is 1.06. The van der Waals surface area contributed by atoms with Gasteiger partial charge in [0.1, 0.15) is 12.1 Å². The molecule has 2 N–H and O–H groups in total. The van der Waals surface area contributed by atoms with Crippen molar-refractivity contribution < 1.29 is 0 Å². The zero-order chi connectivity index (χ0) is 12.5. The summed E-state index contributed by atoms with van der Waals surface area (Å²) in [6, 6.07) is 6.37. The molecule has 2 heterocycles. The van der Waals surface area contributed by atoms with Crippen molar-refractivity contribution in [2.75, 3.05) is 17.2 Å². The Hall–Kier alpha value is -1.84. The predicted molar refractivity (Wildman–Crippen MR) is 74.6 cm³/mol. The summed E-state index contributed by atoms with van der Waals surface area (Å²) in [5.74, 6) is 1.03. The number of rotatable bonds is 1. The third-order valence-electron chi connectivity index (χ3n) is 3.71. The maximum absolute atomic E-state index is 5.88. The van der Waals surface area contributed by atoms with Crippen molar-refractivity contribution in [2.45, 2.75) is 32.2 Å². The van der Waals surface area contributed by atoms with Crippen molar-refractivity contribution in [1.29, 1.82) is 0 Å². The van der Waals surface area contributed by atoms with E-state index in [1.165, 1.54) is 19.3 Å². The number of piperidine rings is 1. The second kappa shape index (κ2) is 4.44. The zero-order valence-corrected chi connectivity index (χ0v) is 10.6. The van der Waals surface area contributed by atoms with Crippen LogP contribution >= 0.6 is 0 Å². The minimum Gasteiger partial charge on any atom is -0.399 e. The molecule has 4 heteroatoms. The number of hydrogen-bond acceptors (Lipinski definition) is 4. The molecule has 1 saturated heterocycles. The van der Waals surface area contributed by atoms with Crippen molar-refractivity contribution in [2.24, 2.45) is 0 Å². The Balaban J connectivity index is 2.12. The standard InChI is InChI=1S/C14H18N4/c1-10-4-2-3-7-18(10)14-12-8-11(15)5-6-13(12)16-9-17-14/h5-6,8-10H,2-4,7,15H2,1H3. The van der Waals surface area contributed by atoms with E-state index in [4.69, 9.17) is 5.73 Å². The molecule has 3 rings (SSSR count). The molecule has 1 aliphatic heterocycles. The first-order valence-electron chi connectivity index (χ1n) is 6.52. The first-order chi connectivity index (χ1) is 8.75. The van der Waals surface area contributed by atoms with E-state index in [2.05, 4.69) is 21.8 Å². The molecule has 1 atom stereocenters. The van der Waals surface area contributed by atoms with Crippen LogP contribution in [-0.4, -0.2) is 22.6 Å². The molecule has 2 aromatic rings. The van der Waals surface area contributed by atoms with Crippen LogP contribution in [0.3, 0.4) is 0 Å². The lowest BCUT2D eigenvalue weighted by Gasteiger charge is -2.34. The van der Waals surface area contributed by atoms with Crippen molar-refractivity contribution in [3.63, 3.8) is 0 Å². The maximum atomic E-state index is 5.88. The molecule has 0 radical (unpaired) electrons. The highest BCUT2D eigenvalue weighted by Gasteiger charge is 2.21. The highest BCUT2D eigenvalue weighted by atomic mass is 15.2. The number of nitrogen functional groups attached to an aromatic ring is 1. The average Bonchev–Trinajstić information content (AvgIpc) is 2.39. The molecule has 1 unspecified atom stereocenters. The van der Waals surface area contributed by atoms with Crippen LogP contribution in [-0.2, 0) is 0 Å². The minimum atomic E-state index is 0.540. The second-order valence-corrected chi connectivity index (χ2v) is 5.01. The van der Waals surface area contributed by atoms with Gasteiger partial charge < -0.3 is 10.6 Å². The summed E-state index contributed by atoms with van der Waals surface area (Å²) < 4.78 is 0. The van der Waals surface area contributed by atoms with E-state index in [0.29, 0.717) is 6.04 Å². The second-order valence-electron chi connectivity index (χ2n) is 5.01. The SMILES string of the molecule is CC1CCCCN1c1ncnc2ccc(N)cc12. The molecular formula is C14H18N4. The minimum absolute atomic E-state index is 0.540. The summed E-state index contributed by atoms with van der Waals surface area (Å²) >= 11 is 0. The average molecular weight is 242 g/mol. The van der Waals surface area contributed by atoms with Gasteiger partial charge in [-0.05, 0) is 44.4 Å². The van der Waals surface area contributed by atoms with Gasteiger partial charge in [-0.2, -0.15) is 0 Å². The van der Waals surface area contributed by atoms with Crippen molar-refractivity contribution >= 4 is 22.4 Å². The number of benzene rings is 1. The smallest absolute Gasteiger partial charge is 0.140 e. The van der Waals surface area contributed by atoms with Crippen LogP contribution < -0.4 is 10.6 Å². The van der Waals surface area contributed by atoms with Gasteiger partial charge in [-0.1, -0.05) is 0 Å². The Bertz CT molecular complexity index is 567. The molecule has 1 fully saturated rings. The van der Waals surface area contributed by atoms with Gasteiger partial charge in [0.05, 0.1) is 5.52 Å². The van der Waals surface area contributed by atoms with Crippen LogP contribution in [0.2, 0.25) is 0 Å². The highest BCUT2D eigenvalue weighted by Crippen LogP contribution is 2.29. The molecular weight excluding hydrogens is 224 g/mol. The number of anilines is 2. The van der Waals surface area contributed by atoms with E-state index in [1.807, 2.05) is 18.2 Å². The summed E-state index contributed by atoms with van der Waals surface area (Å²) in [5.41, 5.74) is 7.61. The lowest BCUT2D eigenvalue weighted by atomic mass is 10.0. The first kappa shape index (κ1) is 11.3. The molecule has 1 aromatic carbocycles. The summed E-state index contributed by atoms with van der Waals surface area (Å²) in [7, 11) is 0. The number of aromatic nitrogens is 2. The van der Waals surface area contributed by atoms with E-state index in [1.54, 1.807) is 6.33 Å². The quantitative estimate of drug-likeness (QED) is 0.781. The molecule has 18 heavy (non-hydrogen) atoms. The Morgan fingerprint density at radius 3 is 3.00 bits per heavy atom. The van der Waals surface area contributed by atoms with Crippen molar-refractivity contribution in [3.05, 3.63) is 24.5 Å². The Kier molecular flexibility index (Phi) is 2.78. The van der Waals surface area contributed by atoms with Crippen LogP contribution in [0.1, 0.15) is 26.2 Å². The van der Waals surface area contributed by atoms with E-state index in [9.17, 15) is 0 Å². The molecule has 4 nitrogen and oxygen atoms in total. The highest BCUT2D eigenvalue weighted by molar-refractivity contribution is 5.91. The summed E-state index contributed by atoms with van der Waals surface area (Å²) in [6.45, 7) is 3.33. The maximum Gasteiger partial charge on any atom is 0.140 e. The van der Waals surface area contributed by atoms with Crippen molar-refractivity contribution in [1.82, 2.24) is 9.97 Å². The molecule has 94 valence electrons. The molecule has 0 amide bonds. The summed E-state index contributed by atoms with van der Waals surface area (Å²) in [4.78, 5) is 11.2. The van der Waals surface area contributed by atoms with Gasteiger partial charge in [0, 0.05) is 23.7 Å². The summed E-state index contributed by atoms with van der Waals surface area (Å²) in [6.07, 6.45) is 5.42. The van der Waals surface area contributed by atoms with Crippen molar-refractivity contribution in [3.8, 4) is 0 Å². The normalized spacial score (nSPS) is 20.3. The molecule has 0 aliphatic carbocycles. The number of nitrogens with two attached hydrogens (primary N) is 1. The molecule has 0 bridgehead atoms. The Morgan fingerprint density at radius 2 is 2.17 bits per heavy atom. The van der Waals surface area contributed by atoms with E-state index in [-0.39, 0.29) is 0 Å². The number of hydrogen-bond donors (Lipinski definition) is 1. The van der Waals surface area contributed by atoms with Gasteiger partial charge in [-0.15, -0.1) is 0 Å². The largest absolute Gasteiger partial charge is 0.399 e. The van der Waals surface area contributed by atoms with Gasteiger partial charge in [-0.25, -0.2) is 9.97 Å². The lowest BCUT2D eigenvalue weighted by molar-refractivity contribution is 0.482. The van der Waals surface area contributed by atoms with E-state index >= 15 is 0 Å². The third kappa shape index (κ3) is 1.88. The predicted octanol–water partition coefficient (Wildman–Crippen LogP) is 2.59. The van der Waals surface area contributed by atoms with Crippen LogP contribution in [0.25, 0.3) is 10.9 Å². The third-order valence-corrected chi connectivity index (χ3v) is 3.71. The monoisotopic (exact) mass is 242 g/mol. The Morgan fingerprint density at radius 1 is 1.28 bits per heavy atom. The molecule has 0 spiro atoms.